The van der Waals surface area contributed by atoms with Crippen LogP contribution in [0.25, 0.3) is 0 Å². The van der Waals surface area contributed by atoms with Crippen molar-refractivity contribution in [2.24, 2.45) is 0 Å². The van der Waals surface area contributed by atoms with Gasteiger partial charge in [0.25, 0.3) is 5.91 Å². The molecule has 1 aliphatic rings. The lowest BCUT2D eigenvalue weighted by Crippen LogP contribution is -2.47. The van der Waals surface area contributed by atoms with Crippen LogP contribution in [0.5, 0.6) is 5.75 Å². The number of likely N-dealkylation sites (tertiary alicyclic amines) is 1. The maximum atomic E-state index is 12.3. The van der Waals surface area contributed by atoms with Gasteiger partial charge in [-0.3, -0.25) is 4.79 Å². The molecule has 1 aliphatic heterocycles. The highest BCUT2D eigenvalue weighted by atomic mass is 32.2. The summed E-state index contributed by atoms with van der Waals surface area (Å²) in [5, 5.41) is 0. The summed E-state index contributed by atoms with van der Waals surface area (Å²) in [4.78, 5) is 14.1. The van der Waals surface area contributed by atoms with Gasteiger partial charge in [0.15, 0.2) is 6.61 Å². The molecule has 0 bridgehead atoms. The van der Waals surface area contributed by atoms with E-state index >= 15 is 0 Å². The van der Waals surface area contributed by atoms with E-state index in [4.69, 9.17) is 4.74 Å². The summed E-state index contributed by atoms with van der Waals surface area (Å²) in [6, 6.07) is 3.94. The Morgan fingerprint density at radius 1 is 1.21 bits per heavy atom. The first-order chi connectivity index (χ1) is 11.2. The van der Waals surface area contributed by atoms with Crippen molar-refractivity contribution >= 4 is 15.9 Å². The zero-order valence-corrected chi connectivity index (χ0v) is 15.6. The van der Waals surface area contributed by atoms with E-state index in [1.54, 1.807) is 4.90 Å². The predicted molar refractivity (Wildman–Crippen MR) is 93.7 cm³/mol. The number of piperidine rings is 1. The van der Waals surface area contributed by atoms with Crippen molar-refractivity contribution in [2.45, 2.75) is 39.7 Å². The molecule has 7 heteroatoms. The Labute approximate surface area is 144 Å². The quantitative estimate of drug-likeness (QED) is 0.870. The number of benzene rings is 1. The molecule has 0 radical (unpaired) electrons. The third kappa shape index (κ3) is 4.95. The highest BCUT2D eigenvalue weighted by Gasteiger charge is 2.25. The van der Waals surface area contributed by atoms with E-state index < -0.39 is 10.0 Å². The Morgan fingerprint density at radius 3 is 2.38 bits per heavy atom. The average molecular weight is 354 g/mol. The number of carbonyl (C=O) groups excluding carboxylic acids is 1. The first-order valence-corrected chi connectivity index (χ1v) is 10.0. The monoisotopic (exact) mass is 354 g/mol. The minimum Gasteiger partial charge on any atom is -0.483 e. The molecule has 1 fully saturated rings. The second-order valence-corrected chi connectivity index (χ2v) is 8.27. The van der Waals surface area contributed by atoms with Gasteiger partial charge in [0.05, 0.1) is 6.26 Å². The van der Waals surface area contributed by atoms with Gasteiger partial charge in [0.2, 0.25) is 10.0 Å². The van der Waals surface area contributed by atoms with Gasteiger partial charge in [-0.15, -0.1) is 0 Å². The second kappa shape index (κ2) is 7.53. The topological polar surface area (TPSA) is 75.7 Å². The molecule has 24 heavy (non-hydrogen) atoms. The van der Waals surface area contributed by atoms with Crippen molar-refractivity contribution in [3.8, 4) is 5.75 Å². The van der Waals surface area contributed by atoms with Gasteiger partial charge < -0.3 is 9.64 Å². The molecule has 1 N–H and O–H groups in total. The lowest BCUT2D eigenvalue weighted by atomic mass is 10.1. The average Bonchev–Trinajstić information content (AvgIpc) is 2.50. The minimum absolute atomic E-state index is 0.00923. The number of amides is 1. The molecule has 0 spiro atoms. The van der Waals surface area contributed by atoms with Gasteiger partial charge in [-0.2, -0.15) is 0 Å². The predicted octanol–water partition coefficient (Wildman–Crippen LogP) is 1.53. The second-order valence-electron chi connectivity index (χ2n) is 6.49. The van der Waals surface area contributed by atoms with E-state index in [2.05, 4.69) is 4.72 Å². The summed E-state index contributed by atoms with van der Waals surface area (Å²) in [6.45, 7) is 7.07. The van der Waals surface area contributed by atoms with Crippen molar-refractivity contribution in [3.63, 3.8) is 0 Å². The summed E-state index contributed by atoms with van der Waals surface area (Å²) in [6.07, 6.45) is 2.41. The van der Waals surface area contributed by atoms with Crippen LogP contribution in [0.2, 0.25) is 0 Å². The zero-order chi connectivity index (χ0) is 17.9. The highest BCUT2D eigenvalue weighted by Crippen LogP contribution is 2.25. The normalized spacial score (nSPS) is 16.2. The molecule has 0 atom stereocenters. The number of hydrogen-bond acceptors (Lipinski definition) is 4. The van der Waals surface area contributed by atoms with Gasteiger partial charge in [-0.05, 0) is 50.3 Å². The largest absolute Gasteiger partial charge is 0.483 e. The highest BCUT2D eigenvalue weighted by molar-refractivity contribution is 7.88. The van der Waals surface area contributed by atoms with Crippen LogP contribution in [-0.2, 0) is 14.8 Å². The number of sulfonamides is 1. The molecule has 0 aromatic heterocycles. The van der Waals surface area contributed by atoms with Gasteiger partial charge in [0, 0.05) is 19.1 Å². The molecule has 0 saturated carbocycles. The van der Waals surface area contributed by atoms with Crippen LogP contribution < -0.4 is 9.46 Å². The standard InChI is InChI=1S/C17H26N2O4S/c1-12-5-6-13(2)17(14(12)3)23-11-16(20)19-9-7-15(8-10-19)18-24(4,21)22/h5-6,15,18H,7-11H2,1-4H3. The van der Waals surface area contributed by atoms with Gasteiger partial charge in [-0.25, -0.2) is 13.1 Å². The van der Waals surface area contributed by atoms with Crippen LogP contribution in [-0.4, -0.2) is 51.2 Å². The summed E-state index contributed by atoms with van der Waals surface area (Å²) in [7, 11) is -3.20. The van der Waals surface area contributed by atoms with E-state index in [0.717, 1.165) is 28.7 Å². The Morgan fingerprint density at radius 2 is 1.79 bits per heavy atom. The molecular weight excluding hydrogens is 328 g/mol. The number of ether oxygens (including phenoxy) is 1. The van der Waals surface area contributed by atoms with E-state index in [0.29, 0.717) is 25.9 Å². The van der Waals surface area contributed by atoms with Crippen LogP contribution in [0.15, 0.2) is 12.1 Å². The first kappa shape index (κ1) is 18.7. The van der Waals surface area contributed by atoms with Crippen molar-refractivity contribution in [3.05, 3.63) is 28.8 Å². The Bertz CT molecular complexity index is 708. The molecule has 134 valence electrons. The Kier molecular flexibility index (Phi) is 5.87. The van der Waals surface area contributed by atoms with E-state index in [1.165, 1.54) is 0 Å². The van der Waals surface area contributed by atoms with Crippen molar-refractivity contribution in [1.29, 1.82) is 0 Å². The molecular formula is C17H26N2O4S. The number of aryl methyl sites for hydroxylation is 2. The lowest BCUT2D eigenvalue weighted by Gasteiger charge is -2.32. The maximum absolute atomic E-state index is 12.3. The number of nitrogens with one attached hydrogen (secondary N) is 1. The molecule has 2 rings (SSSR count). The maximum Gasteiger partial charge on any atom is 0.260 e. The Balaban J connectivity index is 1.88. The molecule has 6 nitrogen and oxygen atoms in total. The molecule has 1 amide bonds. The first-order valence-electron chi connectivity index (χ1n) is 8.12. The van der Waals surface area contributed by atoms with Crippen LogP contribution in [0.1, 0.15) is 29.5 Å². The van der Waals surface area contributed by atoms with Crippen LogP contribution in [0, 0.1) is 20.8 Å². The molecule has 1 saturated heterocycles. The lowest BCUT2D eigenvalue weighted by molar-refractivity contribution is -0.134. The summed E-state index contributed by atoms with van der Waals surface area (Å²) in [5.74, 6) is 0.713. The molecule has 0 unspecified atom stereocenters. The molecule has 0 aliphatic carbocycles. The number of rotatable bonds is 5. The SMILES string of the molecule is Cc1ccc(C)c(OCC(=O)N2CCC(NS(C)(=O)=O)CC2)c1C. The van der Waals surface area contributed by atoms with Crippen molar-refractivity contribution in [1.82, 2.24) is 9.62 Å². The van der Waals surface area contributed by atoms with Gasteiger partial charge >= 0.3 is 0 Å². The number of nitrogens with zero attached hydrogens (tertiary/aromatic N) is 1. The zero-order valence-electron chi connectivity index (χ0n) is 14.8. The van der Waals surface area contributed by atoms with Gasteiger partial charge in [0.1, 0.15) is 5.75 Å². The summed E-state index contributed by atoms with van der Waals surface area (Å²) >= 11 is 0. The Hall–Kier alpha value is -1.60. The fraction of sp³-hybridized carbons (Fsp3) is 0.588. The molecule has 1 heterocycles. The van der Waals surface area contributed by atoms with Crippen molar-refractivity contribution in [2.75, 3.05) is 26.0 Å². The minimum atomic E-state index is -3.20. The summed E-state index contributed by atoms with van der Waals surface area (Å²) in [5.41, 5.74) is 3.21. The van der Waals surface area contributed by atoms with E-state index in [1.807, 2.05) is 32.9 Å². The molecule has 1 aromatic carbocycles. The number of hydrogen-bond donors (Lipinski definition) is 1. The van der Waals surface area contributed by atoms with Crippen LogP contribution >= 0.6 is 0 Å². The van der Waals surface area contributed by atoms with E-state index in [9.17, 15) is 13.2 Å². The molecule has 1 aromatic rings. The fourth-order valence-corrected chi connectivity index (χ4v) is 3.76. The summed E-state index contributed by atoms with van der Waals surface area (Å²) < 4.78 is 30.9. The fourth-order valence-electron chi connectivity index (χ4n) is 2.92. The van der Waals surface area contributed by atoms with E-state index in [-0.39, 0.29) is 18.6 Å². The van der Waals surface area contributed by atoms with Crippen molar-refractivity contribution < 1.29 is 17.9 Å². The third-order valence-electron chi connectivity index (χ3n) is 4.44. The van der Waals surface area contributed by atoms with Gasteiger partial charge in [-0.1, -0.05) is 12.1 Å². The van der Waals surface area contributed by atoms with Crippen LogP contribution in [0.3, 0.4) is 0 Å². The third-order valence-corrected chi connectivity index (χ3v) is 5.20. The van der Waals surface area contributed by atoms with Crippen LogP contribution in [0.4, 0.5) is 0 Å². The smallest absolute Gasteiger partial charge is 0.260 e. The number of carbonyl (C=O) groups is 1.